The molecule has 0 saturated heterocycles. The molecule has 8 atom stereocenters. The van der Waals surface area contributed by atoms with Crippen LogP contribution in [0.3, 0.4) is 0 Å². The van der Waals surface area contributed by atoms with Crippen LogP contribution in [0.5, 0.6) is 0 Å². The lowest BCUT2D eigenvalue weighted by Gasteiger charge is -2.60. The molecule has 0 aromatic carbocycles. The number of fused-ring (bicyclic) bond motifs is 5. The lowest BCUT2D eigenvalue weighted by molar-refractivity contribution is -0.157. The van der Waals surface area contributed by atoms with Crippen molar-refractivity contribution >= 4 is 28.0 Å². The largest absolute Gasteiger partial charge is 0.393 e. The summed E-state index contributed by atoms with van der Waals surface area (Å²) in [7, 11) is -4.56. The molecule has 0 aromatic rings. The van der Waals surface area contributed by atoms with Crippen molar-refractivity contribution in [2.45, 2.75) is 56.8 Å². The van der Waals surface area contributed by atoms with Crippen LogP contribution in [0.15, 0.2) is 11.6 Å². The number of aldehydes is 1. The summed E-state index contributed by atoms with van der Waals surface area (Å²) in [4.78, 5) is 36.8. The average Bonchev–Trinajstić information content (AvgIpc) is 3.05. The van der Waals surface area contributed by atoms with Crippen LogP contribution in [0.1, 0.15) is 45.4 Å². The number of hydrogen-bond acceptors (Lipinski definition) is 7. The number of carbonyl (C=O) groups is 3. The van der Waals surface area contributed by atoms with E-state index in [1.807, 2.05) is 0 Å². The Morgan fingerprint density at radius 1 is 1.30 bits per heavy atom. The predicted octanol–water partition coefficient (Wildman–Crippen LogP) is 0.712. The average molecular weight is 441 g/mol. The van der Waals surface area contributed by atoms with E-state index < -0.39 is 56.5 Å². The van der Waals surface area contributed by atoms with Gasteiger partial charge in [0.2, 0.25) is 0 Å². The topological polar surface area (TPSA) is 146 Å². The van der Waals surface area contributed by atoms with E-state index in [0.29, 0.717) is 31.3 Å². The minimum absolute atomic E-state index is 0.00769. The van der Waals surface area contributed by atoms with Gasteiger partial charge in [0.25, 0.3) is 10.1 Å². The summed E-state index contributed by atoms with van der Waals surface area (Å²) < 4.78 is 34.5. The zero-order chi connectivity index (χ0) is 22.1. The van der Waals surface area contributed by atoms with Gasteiger partial charge >= 0.3 is 0 Å². The normalized spacial score (nSPS) is 45.7. The van der Waals surface area contributed by atoms with E-state index in [-0.39, 0.29) is 30.5 Å². The quantitative estimate of drug-likeness (QED) is 0.428. The van der Waals surface area contributed by atoms with Crippen molar-refractivity contribution in [2.75, 3.05) is 6.61 Å². The maximum atomic E-state index is 12.4. The summed E-state index contributed by atoms with van der Waals surface area (Å²) >= 11 is 0. The van der Waals surface area contributed by atoms with Gasteiger partial charge in [-0.15, -0.1) is 0 Å². The Balaban J connectivity index is 1.82. The molecule has 1 unspecified atom stereocenters. The minimum atomic E-state index is -4.56. The van der Waals surface area contributed by atoms with Crippen LogP contribution < -0.4 is 0 Å². The molecular weight excluding hydrogens is 412 g/mol. The van der Waals surface area contributed by atoms with Crippen LogP contribution in [0.2, 0.25) is 0 Å². The van der Waals surface area contributed by atoms with Crippen LogP contribution in [-0.4, -0.2) is 59.0 Å². The van der Waals surface area contributed by atoms with Gasteiger partial charge in [0.05, 0.1) is 6.10 Å². The summed E-state index contributed by atoms with van der Waals surface area (Å²) in [5.74, 6) is -2.42. The van der Waals surface area contributed by atoms with Gasteiger partial charge in [0, 0.05) is 23.2 Å². The van der Waals surface area contributed by atoms with E-state index in [2.05, 4.69) is 0 Å². The highest BCUT2D eigenvalue weighted by Crippen LogP contribution is 2.66. The lowest BCUT2D eigenvalue weighted by Crippen LogP contribution is -2.62. The van der Waals surface area contributed by atoms with Gasteiger partial charge in [-0.3, -0.25) is 14.1 Å². The molecule has 3 N–H and O–H groups in total. The number of aliphatic hydroxyl groups is 2. The molecule has 4 aliphatic rings. The third kappa shape index (κ3) is 2.82. The molecule has 3 saturated carbocycles. The molecule has 4 aliphatic carbocycles. The zero-order valence-electron chi connectivity index (χ0n) is 16.9. The Bertz CT molecular complexity index is 923. The molecule has 0 bridgehead atoms. The maximum Gasteiger partial charge on any atom is 0.269 e. The highest BCUT2D eigenvalue weighted by atomic mass is 32.2. The fourth-order valence-corrected chi connectivity index (χ4v) is 8.91. The number of carbonyl (C=O) groups excluding carboxylic acids is 3. The van der Waals surface area contributed by atoms with Gasteiger partial charge in [-0.1, -0.05) is 12.5 Å². The van der Waals surface area contributed by atoms with Crippen molar-refractivity contribution < 1.29 is 37.6 Å². The van der Waals surface area contributed by atoms with Gasteiger partial charge in [-0.25, -0.2) is 0 Å². The van der Waals surface area contributed by atoms with Crippen LogP contribution in [0.25, 0.3) is 0 Å². The SMILES string of the molecule is C[C@@]12C(=CC(=O)CC1S(=O)(=O)O)CC[C@@H]1[C@@H]2[C@@H](O)C[C@]2(C=O)[C@@H](C(=O)CO)CC[C@@H]12. The summed E-state index contributed by atoms with van der Waals surface area (Å²) in [5.41, 5.74) is -1.57. The Morgan fingerprint density at radius 3 is 2.60 bits per heavy atom. The summed E-state index contributed by atoms with van der Waals surface area (Å²) in [5, 5.41) is 19.3. The fourth-order valence-electron chi connectivity index (χ4n) is 7.60. The Kier molecular flexibility index (Phi) is 5.12. The van der Waals surface area contributed by atoms with Gasteiger partial charge in [-0.05, 0) is 55.9 Å². The highest BCUT2D eigenvalue weighted by molar-refractivity contribution is 7.86. The Labute approximate surface area is 175 Å². The molecule has 0 radical (unpaired) electrons. The van der Waals surface area contributed by atoms with E-state index >= 15 is 0 Å². The lowest BCUT2D eigenvalue weighted by atomic mass is 9.45. The second kappa shape index (κ2) is 7.05. The molecule has 0 heterocycles. The minimum Gasteiger partial charge on any atom is -0.393 e. The third-order valence-corrected chi connectivity index (χ3v) is 10.1. The number of rotatable bonds is 4. The van der Waals surface area contributed by atoms with Gasteiger partial charge < -0.3 is 15.0 Å². The number of Topliss-reactive ketones (excluding diaryl/α,β-unsaturated/α-hetero) is 1. The van der Waals surface area contributed by atoms with E-state index in [1.54, 1.807) is 6.92 Å². The summed E-state index contributed by atoms with van der Waals surface area (Å²) in [6, 6.07) is 0. The van der Waals surface area contributed by atoms with Crippen molar-refractivity contribution in [1.82, 2.24) is 0 Å². The Morgan fingerprint density at radius 2 is 2.00 bits per heavy atom. The van der Waals surface area contributed by atoms with Gasteiger partial charge in [0.15, 0.2) is 11.6 Å². The predicted molar refractivity (Wildman–Crippen MR) is 105 cm³/mol. The molecular formula is C21H28O8S. The third-order valence-electron chi connectivity index (χ3n) is 8.71. The number of ketones is 2. The van der Waals surface area contributed by atoms with Gasteiger partial charge in [-0.2, -0.15) is 8.42 Å². The molecule has 0 amide bonds. The van der Waals surface area contributed by atoms with E-state index in [0.717, 1.165) is 6.29 Å². The van der Waals surface area contributed by atoms with Crippen molar-refractivity contribution in [3.05, 3.63) is 11.6 Å². The first kappa shape index (κ1) is 21.8. The first-order chi connectivity index (χ1) is 14.0. The first-order valence-electron chi connectivity index (χ1n) is 10.5. The van der Waals surface area contributed by atoms with Crippen molar-refractivity contribution in [2.24, 2.45) is 34.5 Å². The second-order valence-electron chi connectivity index (χ2n) is 9.72. The van der Waals surface area contributed by atoms with E-state index in [9.17, 15) is 37.6 Å². The van der Waals surface area contributed by atoms with Crippen molar-refractivity contribution in [3.8, 4) is 0 Å². The molecule has 8 nitrogen and oxygen atoms in total. The zero-order valence-corrected chi connectivity index (χ0v) is 17.7. The van der Waals surface area contributed by atoms with Crippen LogP contribution in [0.4, 0.5) is 0 Å². The maximum absolute atomic E-state index is 12.4. The van der Waals surface area contributed by atoms with Crippen LogP contribution in [0, 0.1) is 34.5 Å². The highest BCUT2D eigenvalue weighted by Gasteiger charge is 2.67. The first-order valence-corrected chi connectivity index (χ1v) is 12.0. The molecule has 0 spiro atoms. The molecule has 30 heavy (non-hydrogen) atoms. The number of allylic oxidation sites excluding steroid dienone is 1. The molecule has 166 valence electrons. The molecule has 9 heteroatoms. The molecule has 0 aliphatic heterocycles. The molecule has 3 fully saturated rings. The monoisotopic (exact) mass is 440 g/mol. The van der Waals surface area contributed by atoms with Crippen molar-refractivity contribution in [3.63, 3.8) is 0 Å². The van der Waals surface area contributed by atoms with Crippen LogP contribution >= 0.6 is 0 Å². The van der Waals surface area contributed by atoms with Gasteiger partial charge in [0.1, 0.15) is 18.1 Å². The van der Waals surface area contributed by atoms with E-state index in [1.165, 1.54) is 6.08 Å². The van der Waals surface area contributed by atoms with E-state index in [4.69, 9.17) is 0 Å². The number of aliphatic hydroxyl groups excluding tert-OH is 2. The van der Waals surface area contributed by atoms with Crippen molar-refractivity contribution in [1.29, 1.82) is 0 Å². The summed E-state index contributed by atoms with van der Waals surface area (Å²) in [6.45, 7) is 1.04. The standard InChI is InChI=1S/C21H28O8S/c1-20-11(6-12(24)7-18(20)30(27,28)29)2-3-13-14-4-5-15(17(26)9-22)21(14,10-23)8-16(25)19(13)20/h6,10,13-16,18-19,22,25H,2-5,7-9H2,1H3,(H,27,28,29)/t13-,14-,15+,16-,18?,19+,20+,21+/m0/s1. The smallest absolute Gasteiger partial charge is 0.269 e. The second-order valence-corrected chi connectivity index (χ2v) is 11.3. The summed E-state index contributed by atoms with van der Waals surface area (Å²) in [6.07, 6.45) is 2.83. The Hall–Kier alpha value is -1.42. The number of hydrogen-bond donors (Lipinski definition) is 3. The fraction of sp³-hybridized carbons (Fsp3) is 0.762. The van der Waals surface area contributed by atoms with Crippen LogP contribution in [-0.2, 0) is 24.5 Å². The molecule has 4 rings (SSSR count). The molecule has 0 aromatic heterocycles.